The molecule has 0 unspecified atom stereocenters. The number of oxazole rings is 1. The van der Waals surface area contributed by atoms with Crippen molar-refractivity contribution >= 4 is 11.8 Å². The second-order valence-electron chi connectivity index (χ2n) is 7.36. The van der Waals surface area contributed by atoms with Crippen LogP contribution in [-0.4, -0.2) is 58.1 Å². The number of hydrogen-bond acceptors (Lipinski definition) is 5. The summed E-state index contributed by atoms with van der Waals surface area (Å²) in [6.45, 7) is 3.61. The zero-order valence-electron chi connectivity index (χ0n) is 15.2. The van der Waals surface area contributed by atoms with E-state index in [9.17, 15) is 9.59 Å². The molecule has 1 aromatic heterocycles. The van der Waals surface area contributed by atoms with Gasteiger partial charge in [-0.15, -0.1) is 0 Å². The lowest BCUT2D eigenvalue weighted by atomic mass is 10.1. The van der Waals surface area contributed by atoms with E-state index in [1.165, 1.54) is 0 Å². The number of amides is 2. The molecule has 0 saturated carbocycles. The predicted molar refractivity (Wildman–Crippen MR) is 95.5 cm³/mol. The summed E-state index contributed by atoms with van der Waals surface area (Å²) < 4.78 is 11.7. The molecule has 3 fully saturated rings. The molecule has 5 rings (SSSR count). The van der Waals surface area contributed by atoms with Gasteiger partial charge in [0.15, 0.2) is 5.72 Å². The molecule has 3 aliphatic rings. The third-order valence-corrected chi connectivity index (χ3v) is 5.95. The molecule has 0 aliphatic carbocycles. The van der Waals surface area contributed by atoms with Crippen LogP contribution in [-0.2, 0) is 20.7 Å². The number of nitrogens with zero attached hydrogens (tertiary/aromatic N) is 3. The zero-order chi connectivity index (χ0) is 18.6. The molecule has 0 N–H and O–H groups in total. The van der Waals surface area contributed by atoms with E-state index >= 15 is 0 Å². The minimum Gasteiger partial charge on any atom is -0.441 e. The van der Waals surface area contributed by atoms with Crippen molar-refractivity contribution in [3.63, 3.8) is 0 Å². The highest BCUT2D eigenvalue weighted by Gasteiger charge is 2.62. The van der Waals surface area contributed by atoms with Crippen molar-refractivity contribution in [3.05, 3.63) is 41.8 Å². The number of aryl methyl sites for hydroxylation is 1. The highest BCUT2D eigenvalue weighted by Crippen LogP contribution is 2.45. The van der Waals surface area contributed by atoms with Gasteiger partial charge < -0.3 is 19.0 Å². The van der Waals surface area contributed by atoms with Crippen molar-refractivity contribution in [1.82, 2.24) is 14.8 Å². The molecule has 2 aromatic rings. The fraction of sp³-hybridized carbons (Fsp3) is 0.450. The number of aromatic nitrogens is 1. The van der Waals surface area contributed by atoms with Crippen molar-refractivity contribution in [2.75, 3.05) is 19.7 Å². The van der Waals surface area contributed by atoms with E-state index < -0.39 is 5.72 Å². The first-order chi connectivity index (χ1) is 13.1. The normalized spacial score (nSPS) is 26.6. The Morgan fingerprint density at radius 1 is 1.30 bits per heavy atom. The zero-order valence-corrected chi connectivity index (χ0v) is 15.2. The Morgan fingerprint density at radius 3 is 2.93 bits per heavy atom. The summed E-state index contributed by atoms with van der Waals surface area (Å²) in [5.74, 6) is 1.23. The van der Waals surface area contributed by atoms with Crippen molar-refractivity contribution in [2.45, 2.75) is 38.0 Å². The van der Waals surface area contributed by atoms with Crippen LogP contribution in [0.15, 0.2) is 34.7 Å². The lowest BCUT2D eigenvalue weighted by Crippen LogP contribution is -2.49. The van der Waals surface area contributed by atoms with Crippen molar-refractivity contribution < 1.29 is 18.7 Å². The summed E-state index contributed by atoms with van der Waals surface area (Å²) in [5.41, 5.74) is 0.935. The molecular weight excluding hydrogens is 346 g/mol. The van der Waals surface area contributed by atoms with Crippen molar-refractivity contribution in [2.24, 2.45) is 0 Å². The maximum atomic E-state index is 13.0. The van der Waals surface area contributed by atoms with Gasteiger partial charge in [-0.25, -0.2) is 4.98 Å². The number of hydrogen-bond donors (Lipinski definition) is 0. The number of ether oxygens (including phenoxy) is 1. The van der Waals surface area contributed by atoms with Crippen LogP contribution in [0.3, 0.4) is 0 Å². The molecule has 1 spiro atoms. The molecule has 0 bridgehead atoms. The van der Waals surface area contributed by atoms with E-state index in [4.69, 9.17) is 9.15 Å². The lowest BCUT2D eigenvalue weighted by Gasteiger charge is -2.31. The van der Waals surface area contributed by atoms with E-state index in [0.29, 0.717) is 49.9 Å². The molecule has 7 nitrogen and oxygen atoms in total. The summed E-state index contributed by atoms with van der Waals surface area (Å²) in [4.78, 5) is 33.4. The van der Waals surface area contributed by atoms with Gasteiger partial charge in [0.2, 0.25) is 17.7 Å². The Labute approximate surface area is 156 Å². The molecule has 2 atom stereocenters. The quantitative estimate of drug-likeness (QED) is 0.826. The van der Waals surface area contributed by atoms with Crippen molar-refractivity contribution in [3.8, 4) is 11.5 Å². The van der Waals surface area contributed by atoms with Gasteiger partial charge in [-0.1, -0.05) is 18.2 Å². The Morgan fingerprint density at radius 2 is 2.11 bits per heavy atom. The minimum atomic E-state index is -0.596. The van der Waals surface area contributed by atoms with Gasteiger partial charge in [0.25, 0.3) is 0 Å². The van der Waals surface area contributed by atoms with Gasteiger partial charge in [0.05, 0.1) is 31.2 Å². The molecular formula is C20H21N3O4. The Kier molecular flexibility index (Phi) is 3.62. The van der Waals surface area contributed by atoms with E-state index in [1.807, 2.05) is 42.2 Å². The van der Waals surface area contributed by atoms with Crippen LogP contribution in [0.5, 0.6) is 0 Å². The third-order valence-electron chi connectivity index (χ3n) is 5.95. The van der Waals surface area contributed by atoms with Crippen LogP contribution < -0.4 is 0 Å². The monoisotopic (exact) mass is 367 g/mol. The third kappa shape index (κ3) is 2.41. The number of benzene rings is 1. The van der Waals surface area contributed by atoms with E-state index in [2.05, 4.69) is 4.98 Å². The number of carbonyl (C=O) groups excluding carboxylic acids is 2. The molecule has 0 radical (unpaired) electrons. The topological polar surface area (TPSA) is 75.9 Å². The van der Waals surface area contributed by atoms with Gasteiger partial charge in [0.1, 0.15) is 5.76 Å². The maximum Gasteiger partial charge on any atom is 0.229 e. The Bertz CT molecular complexity index is 909. The van der Waals surface area contributed by atoms with E-state index in [-0.39, 0.29) is 24.3 Å². The van der Waals surface area contributed by atoms with Gasteiger partial charge in [-0.2, -0.15) is 0 Å². The summed E-state index contributed by atoms with van der Waals surface area (Å²) in [7, 11) is 0. The number of carbonyl (C=O) groups is 2. The fourth-order valence-corrected chi connectivity index (χ4v) is 4.63. The SMILES string of the molecule is Cc1oc(-c2ccccc2)nc1CC(=O)N1CC[C@@]23OCCN2C(=O)C[C@@H]13. The molecule has 1 aromatic carbocycles. The molecule has 140 valence electrons. The number of rotatable bonds is 3. The summed E-state index contributed by atoms with van der Waals surface area (Å²) >= 11 is 0. The van der Waals surface area contributed by atoms with Crippen LogP contribution in [0.4, 0.5) is 0 Å². The summed E-state index contributed by atoms with van der Waals surface area (Å²) in [6, 6.07) is 9.45. The smallest absolute Gasteiger partial charge is 0.229 e. The molecule has 27 heavy (non-hydrogen) atoms. The van der Waals surface area contributed by atoms with Gasteiger partial charge in [-0.05, 0) is 19.1 Å². The van der Waals surface area contributed by atoms with Crippen LogP contribution >= 0.6 is 0 Å². The first-order valence-corrected chi connectivity index (χ1v) is 9.34. The lowest BCUT2D eigenvalue weighted by molar-refractivity contribution is -0.139. The highest BCUT2D eigenvalue weighted by atomic mass is 16.5. The average molecular weight is 367 g/mol. The first kappa shape index (κ1) is 16.5. The van der Waals surface area contributed by atoms with Crippen LogP contribution in [0, 0.1) is 6.92 Å². The second-order valence-corrected chi connectivity index (χ2v) is 7.36. The molecule has 4 heterocycles. The van der Waals surface area contributed by atoms with Gasteiger partial charge >= 0.3 is 0 Å². The van der Waals surface area contributed by atoms with Crippen LogP contribution in [0.2, 0.25) is 0 Å². The summed E-state index contributed by atoms with van der Waals surface area (Å²) in [5, 5.41) is 0. The van der Waals surface area contributed by atoms with Crippen LogP contribution in [0.1, 0.15) is 24.3 Å². The van der Waals surface area contributed by atoms with E-state index in [0.717, 1.165) is 5.56 Å². The highest BCUT2D eigenvalue weighted by molar-refractivity contribution is 5.85. The molecule has 2 amide bonds. The Balaban J connectivity index is 1.36. The van der Waals surface area contributed by atoms with Gasteiger partial charge in [0, 0.05) is 25.1 Å². The first-order valence-electron chi connectivity index (χ1n) is 9.34. The maximum absolute atomic E-state index is 13.0. The van der Waals surface area contributed by atoms with Crippen molar-refractivity contribution in [1.29, 1.82) is 0 Å². The predicted octanol–water partition coefficient (Wildman–Crippen LogP) is 1.75. The Hall–Kier alpha value is -2.67. The average Bonchev–Trinajstić information content (AvgIpc) is 3.39. The standard InChI is InChI=1S/C20H21N3O4/c1-13-15(21-19(27-13)14-5-3-2-4-6-14)11-17(24)22-8-7-20-16(22)12-18(25)23(20)9-10-26-20/h2-6,16H,7-12H2,1H3/t16-,20+/m1/s1. The largest absolute Gasteiger partial charge is 0.441 e. The fourth-order valence-electron chi connectivity index (χ4n) is 4.63. The molecule has 3 aliphatic heterocycles. The van der Waals surface area contributed by atoms with Crippen LogP contribution in [0.25, 0.3) is 11.5 Å². The number of likely N-dealkylation sites (tertiary alicyclic amines) is 1. The van der Waals surface area contributed by atoms with Gasteiger partial charge in [-0.3, -0.25) is 9.59 Å². The summed E-state index contributed by atoms with van der Waals surface area (Å²) in [6.07, 6.45) is 1.20. The second kappa shape index (κ2) is 5.92. The molecule has 7 heteroatoms. The minimum absolute atomic E-state index is 0.0296. The molecule has 3 saturated heterocycles. The van der Waals surface area contributed by atoms with E-state index in [1.54, 1.807) is 4.90 Å².